The van der Waals surface area contributed by atoms with E-state index in [0.717, 1.165) is 17.4 Å². The number of amides is 2. The zero-order valence-electron chi connectivity index (χ0n) is 17.2. The molecule has 0 fully saturated rings. The van der Waals surface area contributed by atoms with Gasteiger partial charge in [-0.2, -0.15) is 0 Å². The van der Waals surface area contributed by atoms with Crippen LogP contribution in [0.4, 0.5) is 10.7 Å². The summed E-state index contributed by atoms with van der Waals surface area (Å²) in [4.78, 5) is 35.5. The van der Waals surface area contributed by atoms with Crippen molar-refractivity contribution in [3.63, 3.8) is 0 Å². The molecule has 3 aromatic rings. The van der Waals surface area contributed by atoms with E-state index < -0.39 is 34.4 Å². The van der Waals surface area contributed by atoms with Gasteiger partial charge in [0.25, 0.3) is 21.8 Å². The van der Waals surface area contributed by atoms with Crippen LogP contribution in [0.2, 0.25) is 0 Å². The molecule has 0 saturated heterocycles. The number of carbonyl (C=O) groups is 3. The fourth-order valence-corrected chi connectivity index (χ4v) is 4.55. The quantitative estimate of drug-likeness (QED) is 0.390. The predicted molar refractivity (Wildman–Crippen MR) is 122 cm³/mol. The molecule has 0 spiro atoms. The number of rotatable bonds is 9. The number of ether oxygens (including phenoxy) is 2. The highest BCUT2D eigenvalue weighted by Crippen LogP contribution is 2.23. The van der Waals surface area contributed by atoms with Crippen molar-refractivity contribution < 1.29 is 32.3 Å². The Labute approximate surface area is 193 Å². The molecule has 33 heavy (non-hydrogen) atoms. The van der Waals surface area contributed by atoms with Crippen molar-refractivity contribution in [3.05, 3.63) is 71.1 Å². The van der Waals surface area contributed by atoms with Gasteiger partial charge < -0.3 is 20.5 Å². The van der Waals surface area contributed by atoms with E-state index in [1.165, 1.54) is 43.5 Å². The van der Waals surface area contributed by atoms with Crippen molar-refractivity contribution in [2.45, 2.75) is 4.90 Å². The van der Waals surface area contributed by atoms with E-state index in [0.29, 0.717) is 11.4 Å². The van der Waals surface area contributed by atoms with Crippen molar-refractivity contribution in [3.8, 4) is 5.75 Å². The summed E-state index contributed by atoms with van der Waals surface area (Å²) in [7, 11) is -2.49. The Hall–Kier alpha value is -3.90. The van der Waals surface area contributed by atoms with Gasteiger partial charge in [0.2, 0.25) is 0 Å². The summed E-state index contributed by atoms with van der Waals surface area (Å²) in [5.74, 6) is -1.72. The first kappa shape index (κ1) is 23.8. The molecule has 0 aliphatic carbocycles. The molecule has 3 rings (SSSR count). The van der Waals surface area contributed by atoms with Gasteiger partial charge in [-0.1, -0.05) is 6.07 Å². The highest BCUT2D eigenvalue weighted by Gasteiger charge is 2.19. The smallest absolute Gasteiger partial charge is 0.338 e. The predicted octanol–water partition coefficient (Wildman–Crippen LogP) is 2.45. The zero-order valence-corrected chi connectivity index (χ0v) is 18.9. The van der Waals surface area contributed by atoms with Crippen molar-refractivity contribution in [2.24, 2.45) is 5.73 Å². The number of sulfonamides is 1. The summed E-state index contributed by atoms with van der Waals surface area (Å²) < 4.78 is 37.7. The number of carbonyl (C=O) groups excluding carboxylic acids is 3. The van der Waals surface area contributed by atoms with E-state index in [4.69, 9.17) is 15.2 Å². The second-order valence-corrected chi connectivity index (χ2v) is 9.11. The molecule has 0 bridgehead atoms. The van der Waals surface area contributed by atoms with Gasteiger partial charge in [-0.3, -0.25) is 14.3 Å². The van der Waals surface area contributed by atoms with E-state index >= 15 is 0 Å². The lowest BCUT2D eigenvalue weighted by Crippen LogP contribution is -2.22. The van der Waals surface area contributed by atoms with Gasteiger partial charge in [-0.05, 0) is 53.9 Å². The molecular formula is C21H19N3O7S2. The minimum atomic E-state index is -3.99. The molecule has 1 aromatic heterocycles. The minimum Gasteiger partial charge on any atom is -0.497 e. The van der Waals surface area contributed by atoms with Crippen LogP contribution in [-0.4, -0.2) is 39.9 Å². The monoisotopic (exact) mass is 489 g/mol. The van der Waals surface area contributed by atoms with Crippen LogP contribution in [0.5, 0.6) is 5.75 Å². The largest absolute Gasteiger partial charge is 0.497 e. The van der Waals surface area contributed by atoms with Crippen LogP contribution in [0.1, 0.15) is 20.7 Å². The van der Waals surface area contributed by atoms with Crippen LogP contribution < -0.4 is 20.5 Å². The number of esters is 1. The van der Waals surface area contributed by atoms with Gasteiger partial charge >= 0.3 is 5.97 Å². The van der Waals surface area contributed by atoms with E-state index in [1.54, 1.807) is 17.5 Å². The van der Waals surface area contributed by atoms with Gasteiger partial charge in [0.05, 0.1) is 23.1 Å². The lowest BCUT2D eigenvalue weighted by Gasteiger charge is -2.10. The second kappa shape index (κ2) is 10.1. The number of primary amides is 1. The van der Waals surface area contributed by atoms with Crippen LogP contribution in [0.3, 0.4) is 0 Å². The van der Waals surface area contributed by atoms with Gasteiger partial charge in [0.15, 0.2) is 6.61 Å². The average Bonchev–Trinajstić information content (AvgIpc) is 3.26. The molecule has 0 saturated carbocycles. The highest BCUT2D eigenvalue weighted by atomic mass is 32.2. The summed E-state index contributed by atoms with van der Waals surface area (Å²) in [6, 6.07) is 12.9. The Morgan fingerprint density at radius 2 is 1.79 bits per heavy atom. The number of nitrogens with two attached hydrogens (primary N) is 1. The zero-order chi connectivity index (χ0) is 24.0. The van der Waals surface area contributed by atoms with Crippen LogP contribution in [0.25, 0.3) is 0 Å². The third kappa shape index (κ3) is 6.08. The topological polar surface area (TPSA) is 154 Å². The van der Waals surface area contributed by atoms with E-state index in [9.17, 15) is 22.8 Å². The van der Waals surface area contributed by atoms with Crippen molar-refractivity contribution in [1.82, 2.24) is 0 Å². The molecule has 0 atom stereocenters. The molecular weight excluding hydrogens is 470 g/mol. The van der Waals surface area contributed by atoms with Crippen LogP contribution in [0.15, 0.2) is 64.9 Å². The molecule has 10 nitrogen and oxygen atoms in total. The van der Waals surface area contributed by atoms with Gasteiger partial charge in [-0.15, -0.1) is 11.3 Å². The molecule has 1 heterocycles. The molecule has 0 aliphatic rings. The number of hydrogen-bond donors (Lipinski definition) is 3. The number of methoxy groups -OCH3 is 1. The molecule has 2 aromatic carbocycles. The Kier molecular flexibility index (Phi) is 7.30. The van der Waals surface area contributed by atoms with Crippen molar-refractivity contribution in [1.29, 1.82) is 0 Å². The van der Waals surface area contributed by atoms with Crippen LogP contribution in [-0.2, 0) is 19.6 Å². The average molecular weight is 490 g/mol. The highest BCUT2D eigenvalue weighted by molar-refractivity contribution is 7.92. The van der Waals surface area contributed by atoms with E-state index in [1.807, 2.05) is 0 Å². The number of benzene rings is 2. The van der Waals surface area contributed by atoms with Gasteiger partial charge in [0, 0.05) is 5.69 Å². The Morgan fingerprint density at radius 1 is 1.06 bits per heavy atom. The molecule has 172 valence electrons. The Bertz CT molecular complexity index is 1290. The molecule has 0 radical (unpaired) electrons. The van der Waals surface area contributed by atoms with Crippen LogP contribution >= 0.6 is 11.3 Å². The van der Waals surface area contributed by atoms with Crippen molar-refractivity contribution >= 4 is 49.8 Å². The summed E-state index contributed by atoms with van der Waals surface area (Å²) in [5.41, 5.74) is 5.60. The first-order valence-electron chi connectivity index (χ1n) is 9.31. The van der Waals surface area contributed by atoms with Crippen LogP contribution in [0, 0.1) is 0 Å². The van der Waals surface area contributed by atoms with Gasteiger partial charge in [-0.25, -0.2) is 13.2 Å². The summed E-state index contributed by atoms with van der Waals surface area (Å²) in [6.07, 6.45) is 0. The molecule has 0 aliphatic heterocycles. The first-order chi connectivity index (χ1) is 15.7. The number of hydrogen-bond acceptors (Lipinski definition) is 8. The lowest BCUT2D eigenvalue weighted by atomic mass is 10.2. The fourth-order valence-electron chi connectivity index (χ4n) is 2.64. The van der Waals surface area contributed by atoms with E-state index in [-0.39, 0.29) is 21.0 Å². The van der Waals surface area contributed by atoms with E-state index in [2.05, 4.69) is 10.0 Å². The first-order valence-corrected chi connectivity index (χ1v) is 11.7. The number of nitrogens with one attached hydrogen (secondary N) is 2. The third-order valence-electron chi connectivity index (χ3n) is 4.24. The second-order valence-electron chi connectivity index (χ2n) is 6.51. The summed E-state index contributed by atoms with van der Waals surface area (Å²) in [5, 5.41) is 4.25. The number of anilines is 2. The third-order valence-corrected chi connectivity index (χ3v) is 6.45. The molecule has 0 unspecified atom stereocenters. The minimum absolute atomic E-state index is 0.0608. The molecule has 12 heteroatoms. The summed E-state index contributed by atoms with van der Waals surface area (Å²) >= 11 is 1.09. The molecule has 4 N–H and O–H groups in total. The van der Waals surface area contributed by atoms with Crippen molar-refractivity contribution in [2.75, 3.05) is 23.8 Å². The standard InChI is InChI=1S/C21H19N3O7S2/c1-30-15-7-5-14(6-8-15)24-33(28,29)16-4-2-3-13(11-16)21(27)31-12-18(25)23-20-17(19(22)26)9-10-32-20/h2-11,24H,12H2,1H3,(H2,22,26)(H,23,25). The SMILES string of the molecule is COc1ccc(NS(=O)(=O)c2cccc(C(=O)OCC(=O)Nc3sccc3C(N)=O)c2)cc1. The number of thiophene rings is 1. The van der Waals surface area contributed by atoms with Gasteiger partial charge in [0.1, 0.15) is 10.8 Å². The Balaban J connectivity index is 1.64. The molecule has 2 amide bonds. The maximum Gasteiger partial charge on any atom is 0.338 e. The Morgan fingerprint density at radius 3 is 2.45 bits per heavy atom. The lowest BCUT2D eigenvalue weighted by molar-refractivity contribution is -0.119. The maximum absolute atomic E-state index is 12.7. The fraction of sp³-hybridized carbons (Fsp3) is 0.0952. The maximum atomic E-state index is 12.7. The summed E-state index contributed by atoms with van der Waals surface area (Å²) in [6.45, 7) is -0.643. The normalized spacial score (nSPS) is 10.8.